The number of nitrogens with one attached hydrogen (secondary N) is 1. The van der Waals surface area contributed by atoms with E-state index in [0.717, 1.165) is 5.56 Å². The van der Waals surface area contributed by atoms with E-state index in [-0.39, 0.29) is 17.7 Å². The predicted octanol–water partition coefficient (Wildman–Crippen LogP) is 1.94. The lowest BCUT2D eigenvalue weighted by Gasteiger charge is -2.20. The van der Waals surface area contributed by atoms with E-state index >= 15 is 0 Å². The molecule has 3 nitrogen and oxygen atoms in total. The lowest BCUT2D eigenvalue weighted by molar-refractivity contribution is -0.136. The maximum Gasteiger partial charge on any atom is 0.230 e. The normalized spacial score (nSPS) is 20.7. The van der Waals surface area contributed by atoms with Crippen molar-refractivity contribution in [3.05, 3.63) is 34.9 Å². The van der Waals surface area contributed by atoms with Crippen LogP contribution in [0.2, 0.25) is 5.02 Å². The third kappa shape index (κ3) is 2.61. The number of carbonyl (C=O) groups excluding carboxylic acids is 2. The van der Waals surface area contributed by atoms with Gasteiger partial charge in [0.25, 0.3) is 0 Å². The second-order valence-corrected chi connectivity index (χ2v) is 4.42. The molecular weight excluding hydrogens is 226 g/mol. The van der Waals surface area contributed by atoms with Crippen LogP contribution in [0.3, 0.4) is 0 Å². The predicted molar refractivity (Wildman–Crippen MR) is 61.0 cm³/mol. The number of hydrogen-bond acceptors (Lipinski definition) is 2. The van der Waals surface area contributed by atoms with Gasteiger partial charge >= 0.3 is 0 Å². The molecule has 1 fully saturated rings. The Labute approximate surface area is 98.8 Å². The summed E-state index contributed by atoms with van der Waals surface area (Å²) in [5.74, 6) is -0.428. The van der Waals surface area contributed by atoms with Crippen LogP contribution in [0.5, 0.6) is 0 Å². The maximum atomic E-state index is 11.5. The molecule has 0 aromatic heterocycles. The van der Waals surface area contributed by atoms with Crippen molar-refractivity contribution in [2.75, 3.05) is 0 Å². The van der Waals surface area contributed by atoms with Crippen LogP contribution >= 0.6 is 11.6 Å². The highest BCUT2D eigenvalue weighted by Gasteiger charge is 2.26. The van der Waals surface area contributed by atoms with Crippen molar-refractivity contribution in [1.82, 2.24) is 5.32 Å². The Balaban J connectivity index is 2.02. The highest BCUT2D eigenvalue weighted by atomic mass is 35.5. The van der Waals surface area contributed by atoms with Crippen LogP contribution in [0.1, 0.15) is 18.4 Å². The van der Waals surface area contributed by atoms with Gasteiger partial charge in [-0.2, -0.15) is 0 Å². The minimum atomic E-state index is -0.169. The van der Waals surface area contributed by atoms with Crippen molar-refractivity contribution in [3.8, 4) is 0 Å². The Hall–Kier alpha value is -1.35. The van der Waals surface area contributed by atoms with E-state index in [4.69, 9.17) is 11.6 Å². The fourth-order valence-electron chi connectivity index (χ4n) is 1.84. The molecule has 2 amide bonds. The molecule has 0 saturated carbocycles. The second kappa shape index (κ2) is 4.66. The van der Waals surface area contributed by atoms with E-state index in [1.165, 1.54) is 0 Å². The lowest BCUT2D eigenvalue weighted by atomic mass is 9.91. The zero-order valence-electron chi connectivity index (χ0n) is 8.70. The first kappa shape index (κ1) is 11.1. The Morgan fingerprint density at radius 1 is 1.25 bits per heavy atom. The molecule has 1 N–H and O–H groups in total. The maximum absolute atomic E-state index is 11.5. The summed E-state index contributed by atoms with van der Waals surface area (Å²) in [4.78, 5) is 22.5. The summed E-state index contributed by atoms with van der Waals surface area (Å²) >= 11 is 5.78. The van der Waals surface area contributed by atoms with Crippen LogP contribution in [0.15, 0.2) is 24.3 Å². The highest BCUT2D eigenvalue weighted by Crippen LogP contribution is 2.19. The summed E-state index contributed by atoms with van der Waals surface area (Å²) in [7, 11) is 0. The molecule has 0 bridgehead atoms. The third-order valence-electron chi connectivity index (χ3n) is 2.75. The van der Waals surface area contributed by atoms with Crippen molar-refractivity contribution in [2.24, 2.45) is 5.92 Å². The SMILES string of the molecule is O=C1CC[C@H](Cc2ccc(Cl)cc2)C(=O)N1. The molecule has 1 atom stereocenters. The summed E-state index contributed by atoms with van der Waals surface area (Å²) in [5.41, 5.74) is 1.07. The molecule has 2 rings (SSSR count). The van der Waals surface area contributed by atoms with E-state index < -0.39 is 0 Å². The van der Waals surface area contributed by atoms with Gasteiger partial charge in [-0.15, -0.1) is 0 Å². The zero-order chi connectivity index (χ0) is 11.5. The molecule has 0 aliphatic carbocycles. The van der Waals surface area contributed by atoms with Gasteiger partial charge in [-0.3, -0.25) is 14.9 Å². The van der Waals surface area contributed by atoms with E-state index in [9.17, 15) is 9.59 Å². The lowest BCUT2D eigenvalue weighted by Crippen LogP contribution is -2.41. The third-order valence-corrected chi connectivity index (χ3v) is 3.00. The van der Waals surface area contributed by atoms with Gasteiger partial charge in [0.05, 0.1) is 0 Å². The average molecular weight is 238 g/mol. The average Bonchev–Trinajstić information content (AvgIpc) is 2.25. The number of benzene rings is 1. The molecule has 0 radical (unpaired) electrons. The molecule has 0 spiro atoms. The zero-order valence-corrected chi connectivity index (χ0v) is 9.46. The van der Waals surface area contributed by atoms with Crippen LogP contribution in [0.4, 0.5) is 0 Å². The molecule has 4 heteroatoms. The van der Waals surface area contributed by atoms with Gasteiger partial charge in [-0.1, -0.05) is 23.7 Å². The van der Waals surface area contributed by atoms with Crippen molar-refractivity contribution >= 4 is 23.4 Å². The summed E-state index contributed by atoms with van der Waals surface area (Å²) in [5, 5.41) is 3.04. The Morgan fingerprint density at radius 3 is 2.56 bits per heavy atom. The number of amides is 2. The first-order valence-electron chi connectivity index (χ1n) is 5.23. The molecular formula is C12H12ClNO2. The van der Waals surface area contributed by atoms with E-state index in [0.29, 0.717) is 24.3 Å². The molecule has 1 aromatic carbocycles. The fourth-order valence-corrected chi connectivity index (χ4v) is 1.96. The van der Waals surface area contributed by atoms with Crippen molar-refractivity contribution in [3.63, 3.8) is 0 Å². The van der Waals surface area contributed by atoms with Crippen LogP contribution in [0.25, 0.3) is 0 Å². The van der Waals surface area contributed by atoms with Gasteiger partial charge in [0, 0.05) is 17.4 Å². The van der Waals surface area contributed by atoms with Crippen LogP contribution in [0, 0.1) is 5.92 Å². The first-order valence-corrected chi connectivity index (χ1v) is 5.61. The quantitative estimate of drug-likeness (QED) is 0.799. The molecule has 1 saturated heterocycles. The molecule has 16 heavy (non-hydrogen) atoms. The Bertz CT molecular complexity index is 414. The molecule has 1 aliphatic heterocycles. The first-order chi connectivity index (χ1) is 7.65. The minimum Gasteiger partial charge on any atom is -0.296 e. The summed E-state index contributed by atoms with van der Waals surface area (Å²) in [6, 6.07) is 7.43. The van der Waals surface area contributed by atoms with Gasteiger partial charge in [-0.05, 0) is 30.5 Å². The van der Waals surface area contributed by atoms with Crippen LogP contribution in [-0.2, 0) is 16.0 Å². The van der Waals surface area contributed by atoms with E-state index in [1.54, 1.807) is 0 Å². The molecule has 1 heterocycles. The van der Waals surface area contributed by atoms with Gasteiger partial charge < -0.3 is 0 Å². The Kier molecular flexibility index (Phi) is 3.25. The number of imide groups is 1. The summed E-state index contributed by atoms with van der Waals surface area (Å²) < 4.78 is 0. The number of hydrogen-bond donors (Lipinski definition) is 1. The largest absolute Gasteiger partial charge is 0.296 e. The van der Waals surface area contributed by atoms with E-state index in [2.05, 4.69) is 5.32 Å². The van der Waals surface area contributed by atoms with Gasteiger partial charge in [0.15, 0.2) is 0 Å². The molecule has 0 unspecified atom stereocenters. The molecule has 1 aromatic rings. The van der Waals surface area contributed by atoms with Gasteiger partial charge in [-0.25, -0.2) is 0 Å². The summed E-state index contributed by atoms with van der Waals surface area (Å²) in [6.07, 6.45) is 1.73. The second-order valence-electron chi connectivity index (χ2n) is 3.98. The highest BCUT2D eigenvalue weighted by molar-refractivity contribution is 6.30. The van der Waals surface area contributed by atoms with Crippen LogP contribution < -0.4 is 5.32 Å². The number of rotatable bonds is 2. The summed E-state index contributed by atoms with van der Waals surface area (Å²) in [6.45, 7) is 0. The fraction of sp³-hybridized carbons (Fsp3) is 0.333. The van der Waals surface area contributed by atoms with Crippen molar-refractivity contribution in [1.29, 1.82) is 0 Å². The Morgan fingerprint density at radius 2 is 1.94 bits per heavy atom. The number of piperidine rings is 1. The van der Waals surface area contributed by atoms with Gasteiger partial charge in [0.2, 0.25) is 11.8 Å². The standard InChI is InChI=1S/C12H12ClNO2/c13-10-4-1-8(2-5-10)7-9-3-6-11(15)14-12(9)16/h1-2,4-5,9H,3,6-7H2,(H,14,15,16)/t9-/m1/s1. The number of carbonyl (C=O) groups is 2. The van der Waals surface area contributed by atoms with Crippen molar-refractivity contribution in [2.45, 2.75) is 19.3 Å². The monoisotopic (exact) mass is 237 g/mol. The van der Waals surface area contributed by atoms with Crippen LogP contribution in [-0.4, -0.2) is 11.8 Å². The topological polar surface area (TPSA) is 46.2 Å². The smallest absolute Gasteiger partial charge is 0.230 e. The van der Waals surface area contributed by atoms with Crippen molar-refractivity contribution < 1.29 is 9.59 Å². The minimum absolute atomic E-state index is 0.0983. The number of halogens is 1. The molecule has 84 valence electrons. The van der Waals surface area contributed by atoms with E-state index in [1.807, 2.05) is 24.3 Å². The molecule has 1 aliphatic rings. The van der Waals surface area contributed by atoms with Gasteiger partial charge in [0.1, 0.15) is 0 Å².